The largest absolute Gasteiger partial charge is 0.494 e. The van der Waals surface area contributed by atoms with E-state index in [4.69, 9.17) is 4.74 Å². The Morgan fingerprint density at radius 2 is 1.82 bits per heavy atom. The summed E-state index contributed by atoms with van der Waals surface area (Å²) in [5, 5.41) is 0. The Balaban J connectivity index is 2.73. The van der Waals surface area contributed by atoms with E-state index in [-0.39, 0.29) is 11.8 Å². The average Bonchev–Trinajstić information content (AvgIpc) is 2.30. The van der Waals surface area contributed by atoms with Gasteiger partial charge in [0.25, 0.3) is 0 Å². The molecule has 96 valence electrons. The third-order valence-corrected chi connectivity index (χ3v) is 3.90. The molecular formula is C12H19NO3S. The quantitative estimate of drug-likeness (QED) is 0.849. The molecule has 0 aliphatic heterocycles. The van der Waals surface area contributed by atoms with E-state index in [1.165, 1.54) is 0 Å². The molecule has 0 amide bonds. The van der Waals surface area contributed by atoms with Crippen LogP contribution in [0.3, 0.4) is 0 Å². The maximum Gasteiger partial charge on any atom is 0.211 e. The van der Waals surface area contributed by atoms with Gasteiger partial charge in [-0.3, -0.25) is 0 Å². The van der Waals surface area contributed by atoms with Gasteiger partial charge in [-0.05, 0) is 38.5 Å². The first-order chi connectivity index (χ1) is 7.98. The Kier molecular flexibility index (Phi) is 4.96. The van der Waals surface area contributed by atoms with Gasteiger partial charge in [0, 0.05) is 6.04 Å². The van der Waals surface area contributed by atoms with Crippen molar-refractivity contribution in [2.45, 2.75) is 26.8 Å². The van der Waals surface area contributed by atoms with E-state index in [0.29, 0.717) is 6.61 Å². The topological polar surface area (TPSA) is 55.4 Å². The van der Waals surface area contributed by atoms with Gasteiger partial charge in [0.1, 0.15) is 5.75 Å². The molecule has 0 radical (unpaired) electrons. The smallest absolute Gasteiger partial charge is 0.211 e. The van der Waals surface area contributed by atoms with Crippen molar-refractivity contribution in [3.8, 4) is 5.75 Å². The third-order valence-electron chi connectivity index (χ3n) is 2.43. The van der Waals surface area contributed by atoms with Gasteiger partial charge in [-0.1, -0.05) is 12.1 Å². The summed E-state index contributed by atoms with van der Waals surface area (Å²) in [6, 6.07) is 7.20. The van der Waals surface area contributed by atoms with Gasteiger partial charge in [0.2, 0.25) is 10.0 Å². The first-order valence-corrected chi connectivity index (χ1v) is 7.36. The highest BCUT2D eigenvalue weighted by molar-refractivity contribution is 7.89. The Morgan fingerprint density at radius 1 is 1.24 bits per heavy atom. The van der Waals surface area contributed by atoms with E-state index < -0.39 is 10.0 Å². The standard InChI is InChI=1S/C12H19NO3S/c1-4-16-12-8-6-11(7-9-12)10(3)13-17(14,15)5-2/h6-10,13H,4-5H2,1-3H3. The molecule has 1 atom stereocenters. The van der Waals surface area contributed by atoms with E-state index in [1.54, 1.807) is 6.92 Å². The van der Waals surface area contributed by atoms with Crippen LogP contribution in [0.2, 0.25) is 0 Å². The first-order valence-electron chi connectivity index (χ1n) is 5.71. The summed E-state index contributed by atoms with van der Waals surface area (Å²) in [4.78, 5) is 0. The van der Waals surface area contributed by atoms with Gasteiger partial charge >= 0.3 is 0 Å². The Morgan fingerprint density at radius 3 is 2.29 bits per heavy atom. The fourth-order valence-corrected chi connectivity index (χ4v) is 2.28. The van der Waals surface area contributed by atoms with Crippen molar-refractivity contribution in [1.82, 2.24) is 4.72 Å². The van der Waals surface area contributed by atoms with Crippen LogP contribution in [-0.4, -0.2) is 20.8 Å². The summed E-state index contributed by atoms with van der Waals surface area (Å²) in [6.07, 6.45) is 0. The van der Waals surface area contributed by atoms with Crippen LogP contribution in [0.15, 0.2) is 24.3 Å². The minimum atomic E-state index is -3.17. The molecule has 0 spiro atoms. The van der Waals surface area contributed by atoms with E-state index in [2.05, 4.69) is 4.72 Å². The molecule has 0 bridgehead atoms. The molecule has 0 aliphatic rings. The Labute approximate surface area is 103 Å². The van der Waals surface area contributed by atoms with Crippen LogP contribution >= 0.6 is 0 Å². The highest BCUT2D eigenvalue weighted by Gasteiger charge is 2.13. The monoisotopic (exact) mass is 257 g/mol. The van der Waals surface area contributed by atoms with Gasteiger partial charge in [-0.25, -0.2) is 13.1 Å². The average molecular weight is 257 g/mol. The highest BCUT2D eigenvalue weighted by Crippen LogP contribution is 2.18. The van der Waals surface area contributed by atoms with Crippen LogP contribution in [0.5, 0.6) is 5.75 Å². The summed E-state index contributed by atoms with van der Waals surface area (Å²) in [7, 11) is -3.17. The van der Waals surface area contributed by atoms with Crippen LogP contribution in [0.25, 0.3) is 0 Å². The Bertz CT molecular complexity index is 439. The number of rotatable bonds is 6. The summed E-state index contributed by atoms with van der Waals surface area (Å²) in [5.74, 6) is 0.885. The van der Waals surface area contributed by atoms with Crippen molar-refractivity contribution in [3.63, 3.8) is 0 Å². The van der Waals surface area contributed by atoms with Crippen LogP contribution in [0.4, 0.5) is 0 Å². The predicted molar refractivity (Wildman–Crippen MR) is 68.6 cm³/mol. The van der Waals surface area contributed by atoms with Crippen molar-refractivity contribution < 1.29 is 13.2 Å². The lowest BCUT2D eigenvalue weighted by molar-refractivity contribution is 0.340. The molecule has 17 heavy (non-hydrogen) atoms. The number of hydrogen-bond donors (Lipinski definition) is 1. The van der Waals surface area contributed by atoms with Crippen LogP contribution in [0.1, 0.15) is 32.4 Å². The number of ether oxygens (including phenoxy) is 1. The number of hydrogen-bond acceptors (Lipinski definition) is 3. The zero-order valence-corrected chi connectivity index (χ0v) is 11.3. The van der Waals surface area contributed by atoms with E-state index in [0.717, 1.165) is 11.3 Å². The van der Waals surface area contributed by atoms with Gasteiger partial charge in [-0.15, -0.1) is 0 Å². The second-order valence-corrected chi connectivity index (χ2v) is 5.79. The second-order valence-electron chi connectivity index (χ2n) is 3.75. The molecule has 0 heterocycles. The molecule has 5 heteroatoms. The van der Waals surface area contributed by atoms with Crippen molar-refractivity contribution in [2.75, 3.05) is 12.4 Å². The molecule has 0 aromatic heterocycles. The van der Waals surface area contributed by atoms with Crippen LogP contribution in [-0.2, 0) is 10.0 Å². The minimum Gasteiger partial charge on any atom is -0.494 e. The minimum absolute atomic E-state index is 0.0916. The van der Waals surface area contributed by atoms with E-state index >= 15 is 0 Å². The lowest BCUT2D eigenvalue weighted by atomic mass is 10.1. The molecule has 1 aromatic rings. The van der Waals surface area contributed by atoms with Crippen molar-refractivity contribution in [3.05, 3.63) is 29.8 Å². The molecule has 0 saturated heterocycles. The normalized spacial score (nSPS) is 13.4. The molecule has 1 unspecified atom stereocenters. The molecule has 1 rings (SSSR count). The maximum atomic E-state index is 11.4. The van der Waals surface area contributed by atoms with Gasteiger partial charge in [0.05, 0.1) is 12.4 Å². The molecule has 1 aromatic carbocycles. The predicted octanol–water partition coefficient (Wildman–Crippen LogP) is 2.09. The van der Waals surface area contributed by atoms with E-state index in [1.807, 2.05) is 38.1 Å². The summed E-state index contributed by atoms with van der Waals surface area (Å²) >= 11 is 0. The maximum absolute atomic E-state index is 11.4. The fourth-order valence-electron chi connectivity index (χ4n) is 1.44. The second kappa shape index (κ2) is 6.02. The lowest BCUT2D eigenvalue weighted by Gasteiger charge is -2.14. The Hall–Kier alpha value is -1.07. The van der Waals surface area contributed by atoms with Gasteiger partial charge in [-0.2, -0.15) is 0 Å². The van der Waals surface area contributed by atoms with Crippen molar-refractivity contribution in [2.24, 2.45) is 0 Å². The number of nitrogens with one attached hydrogen (secondary N) is 1. The zero-order valence-electron chi connectivity index (χ0n) is 10.4. The number of sulfonamides is 1. The SMILES string of the molecule is CCOc1ccc(C(C)NS(=O)(=O)CC)cc1. The molecule has 0 saturated carbocycles. The molecule has 0 aliphatic carbocycles. The van der Waals surface area contributed by atoms with Gasteiger partial charge in [0.15, 0.2) is 0 Å². The number of benzene rings is 1. The highest BCUT2D eigenvalue weighted by atomic mass is 32.2. The fraction of sp³-hybridized carbons (Fsp3) is 0.500. The lowest BCUT2D eigenvalue weighted by Crippen LogP contribution is -2.28. The zero-order chi connectivity index (χ0) is 12.9. The van der Waals surface area contributed by atoms with E-state index in [9.17, 15) is 8.42 Å². The molecule has 4 nitrogen and oxygen atoms in total. The molecular weight excluding hydrogens is 238 g/mol. The summed E-state index contributed by atoms with van der Waals surface area (Å²) < 4.78 is 30.8. The van der Waals surface area contributed by atoms with Crippen molar-refractivity contribution >= 4 is 10.0 Å². The molecule has 0 fully saturated rings. The van der Waals surface area contributed by atoms with Crippen LogP contribution in [0, 0.1) is 0 Å². The third kappa shape index (κ3) is 4.36. The first kappa shape index (κ1) is 14.0. The van der Waals surface area contributed by atoms with Crippen molar-refractivity contribution in [1.29, 1.82) is 0 Å². The summed E-state index contributed by atoms with van der Waals surface area (Å²) in [6.45, 7) is 5.99. The van der Waals surface area contributed by atoms with Crippen LogP contribution < -0.4 is 9.46 Å². The summed E-state index contributed by atoms with van der Waals surface area (Å²) in [5.41, 5.74) is 0.922. The molecule has 1 N–H and O–H groups in total. The van der Waals surface area contributed by atoms with Gasteiger partial charge < -0.3 is 4.74 Å².